The molecule has 6 heteroatoms. The average Bonchev–Trinajstić information content (AvgIpc) is 3.03. The van der Waals surface area contributed by atoms with Crippen LogP contribution in [0.15, 0.2) is 6.33 Å². The third kappa shape index (κ3) is 3.24. The van der Waals surface area contributed by atoms with Crippen LogP contribution in [-0.2, 0) is 6.42 Å². The number of nitrogens with zero attached hydrogens (tertiary/aromatic N) is 4. The monoisotopic (exact) mass is 265 g/mol. The molecular weight excluding hydrogens is 242 g/mol. The molecule has 0 spiro atoms. The summed E-state index contributed by atoms with van der Waals surface area (Å²) < 4.78 is 2.11. The summed E-state index contributed by atoms with van der Waals surface area (Å²) in [4.78, 5) is 13.9. The summed E-state index contributed by atoms with van der Waals surface area (Å²) in [6, 6.07) is 0.358. The highest BCUT2D eigenvalue weighted by molar-refractivity contribution is 5.74. The van der Waals surface area contributed by atoms with Gasteiger partial charge in [-0.2, -0.15) is 0 Å². The molecule has 1 aromatic rings. The molecule has 2 amide bonds. The van der Waals surface area contributed by atoms with Crippen LogP contribution in [0.3, 0.4) is 0 Å². The van der Waals surface area contributed by atoms with Gasteiger partial charge in [0.2, 0.25) is 0 Å². The lowest BCUT2D eigenvalue weighted by atomic mass is 10.2. The Bertz CT molecular complexity index is 428. The van der Waals surface area contributed by atoms with Crippen LogP contribution < -0.4 is 5.32 Å². The fourth-order valence-corrected chi connectivity index (χ4v) is 2.38. The molecule has 1 unspecified atom stereocenters. The van der Waals surface area contributed by atoms with Crippen molar-refractivity contribution in [1.82, 2.24) is 25.0 Å². The Morgan fingerprint density at radius 3 is 3.05 bits per heavy atom. The quantitative estimate of drug-likeness (QED) is 0.896. The van der Waals surface area contributed by atoms with Gasteiger partial charge in [-0.1, -0.05) is 20.8 Å². The second-order valence-corrected chi connectivity index (χ2v) is 5.48. The van der Waals surface area contributed by atoms with Gasteiger partial charge in [0, 0.05) is 26.1 Å². The van der Waals surface area contributed by atoms with Gasteiger partial charge in [0.15, 0.2) is 0 Å². The first-order valence-electron chi connectivity index (χ1n) is 7.03. The van der Waals surface area contributed by atoms with Crippen molar-refractivity contribution in [2.45, 2.75) is 39.7 Å². The largest absolute Gasteiger partial charge is 0.338 e. The highest BCUT2D eigenvalue weighted by Gasteiger charge is 2.28. The van der Waals surface area contributed by atoms with Crippen molar-refractivity contribution >= 4 is 6.03 Å². The lowest BCUT2D eigenvalue weighted by Crippen LogP contribution is -2.40. The molecule has 0 bridgehead atoms. The number of carbonyl (C=O) groups excluding carboxylic acids is 1. The third-order valence-corrected chi connectivity index (χ3v) is 3.47. The molecule has 1 fully saturated rings. The summed E-state index contributed by atoms with van der Waals surface area (Å²) in [5.74, 6) is 1.47. The van der Waals surface area contributed by atoms with Gasteiger partial charge < -0.3 is 14.8 Å². The summed E-state index contributed by atoms with van der Waals surface area (Å²) >= 11 is 0. The Hall–Kier alpha value is -1.59. The normalized spacial score (nSPS) is 19.2. The predicted octanol–water partition coefficient (Wildman–Crippen LogP) is 1.45. The van der Waals surface area contributed by atoms with Gasteiger partial charge in [-0.25, -0.2) is 4.79 Å². The lowest BCUT2D eigenvalue weighted by molar-refractivity contribution is 0.205. The van der Waals surface area contributed by atoms with E-state index in [2.05, 4.69) is 40.9 Å². The molecule has 6 nitrogen and oxygen atoms in total. The van der Waals surface area contributed by atoms with Crippen molar-refractivity contribution in [3.8, 4) is 0 Å². The fraction of sp³-hybridized carbons (Fsp3) is 0.769. The van der Waals surface area contributed by atoms with Crippen molar-refractivity contribution < 1.29 is 4.79 Å². The predicted molar refractivity (Wildman–Crippen MR) is 72.9 cm³/mol. The van der Waals surface area contributed by atoms with E-state index in [4.69, 9.17) is 0 Å². The summed E-state index contributed by atoms with van der Waals surface area (Å²) in [5.41, 5.74) is 0. The van der Waals surface area contributed by atoms with E-state index in [0.717, 1.165) is 38.3 Å². The molecule has 1 aliphatic rings. The second kappa shape index (κ2) is 6.04. The molecule has 1 aromatic heterocycles. The van der Waals surface area contributed by atoms with Gasteiger partial charge in [0.1, 0.15) is 12.2 Å². The van der Waals surface area contributed by atoms with Crippen molar-refractivity contribution in [3.63, 3.8) is 0 Å². The van der Waals surface area contributed by atoms with Crippen LogP contribution in [0, 0.1) is 5.92 Å². The Labute approximate surface area is 114 Å². The average molecular weight is 265 g/mol. The van der Waals surface area contributed by atoms with E-state index < -0.39 is 0 Å². The van der Waals surface area contributed by atoms with Gasteiger partial charge in [0.25, 0.3) is 0 Å². The Morgan fingerprint density at radius 1 is 1.58 bits per heavy atom. The molecule has 1 aliphatic heterocycles. The Morgan fingerprint density at radius 2 is 2.37 bits per heavy atom. The van der Waals surface area contributed by atoms with Crippen LogP contribution in [-0.4, -0.2) is 45.3 Å². The first-order valence-corrected chi connectivity index (χ1v) is 7.03. The first-order chi connectivity index (χ1) is 9.11. The summed E-state index contributed by atoms with van der Waals surface area (Å²) in [6.07, 6.45) is 3.62. The van der Waals surface area contributed by atoms with Crippen LogP contribution in [0.1, 0.15) is 39.1 Å². The fourth-order valence-electron chi connectivity index (χ4n) is 2.38. The Balaban J connectivity index is 1.91. The molecule has 1 atom stereocenters. The zero-order valence-corrected chi connectivity index (χ0v) is 12.0. The number of hydrogen-bond acceptors (Lipinski definition) is 3. The summed E-state index contributed by atoms with van der Waals surface area (Å²) in [7, 11) is 0. The summed E-state index contributed by atoms with van der Waals surface area (Å²) in [6.45, 7) is 8.54. The van der Waals surface area contributed by atoms with Crippen LogP contribution in [0.25, 0.3) is 0 Å². The maximum atomic E-state index is 12.0. The third-order valence-electron chi connectivity index (χ3n) is 3.47. The van der Waals surface area contributed by atoms with Crippen molar-refractivity contribution in [2.75, 3.05) is 19.6 Å². The number of hydrogen-bond donors (Lipinski definition) is 1. The second-order valence-electron chi connectivity index (χ2n) is 5.48. The van der Waals surface area contributed by atoms with Gasteiger partial charge in [-0.15, -0.1) is 10.2 Å². The van der Waals surface area contributed by atoms with Gasteiger partial charge in [0.05, 0.1) is 6.04 Å². The first kappa shape index (κ1) is 13.8. The van der Waals surface area contributed by atoms with E-state index in [0.29, 0.717) is 12.0 Å². The van der Waals surface area contributed by atoms with E-state index in [-0.39, 0.29) is 6.03 Å². The molecule has 1 N–H and O–H groups in total. The highest BCUT2D eigenvalue weighted by atomic mass is 16.2. The molecule has 0 saturated carbocycles. The number of aryl methyl sites for hydroxylation is 1. The zero-order chi connectivity index (χ0) is 13.8. The molecule has 0 aliphatic carbocycles. The van der Waals surface area contributed by atoms with Gasteiger partial charge >= 0.3 is 6.03 Å². The standard InChI is InChI=1S/C13H23N5O/c1-4-12-16-15-9-18(12)11-5-6-17(8-11)13(19)14-7-10(2)3/h9-11H,4-8H2,1-3H3,(H,14,19). The number of amides is 2. The molecule has 2 rings (SSSR count). The minimum absolute atomic E-state index is 0.0438. The number of likely N-dealkylation sites (tertiary alicyclic amines) is 1. The van der Waals surface area contributed by atoms with E-state index in [9.17, 15) is 4.79 Å². The van der Waals surface area contributed by atoms with Crippen LogP contribution >= 0.6 is 0 Å². The minimum Gasteiger partial charge on any atom is -0.338 e. The topological polar surface area (TPSA) is 63.1 Å². The number of nitrogens with one attached hydrogen (secondary N) is 1. The number of urea groups is 1. The van der Waals surface area contributed by atoms with Gasteiger partial charge in [-0.3, -0.25) is 0 Å². The number of rotatable bonds is 4. The maximum absolute atomic E-state index is 12.0. The van der Waals surface area contributed by atoms with Crippen molar-refractivity contribution in [3.05, 3.63) is 12.2 Å². The van der Waals surface area contributed by atoms with E-state index in [1.807, 2.05) is 4.90 Å². The highest BCUT2D eigenvalue weighted by Crippen LogP contribution is 2.22. The maximum Gasteiger partial charge on any atom is 0.317 e. The Kier molecular flexibility index (Phi) is 4.39. The molecular formula is C13H23N5O. The lowest BCUT2D eigenvalue weighted by Gasteiger charge is -2.19. The van der Waals surface area contributed by atoms with Crippen LogP contribution in [0.4, 0.5) is 4.79 Å². The molecule has 2 heterocycles. The van der Waals surface area contributed by atoms with Crippen LogP contribution in [0.2, 0.25) is 0 Å². The minimum atomic E-state index is 0.0438. The van der Waals surface area contributed by atoms with E-state index >= 15 is 0 Å². The van der Waals surface area contributed by atoms with Crippen LogP contribution in [0.5, 0.6) is 0 Å². The van der Waals surface area contributed by atoms with Crippen molar-refractivity contribution in [1.29, 1.82) is 0 Å². The van der Waals surface area contributed by atoms with E-state index in [1.165, 1.54) is 0 Å². The molecule has 19 heavy (non-hydrogen) atoms. The van der Waals surface area contributed by atoms with Gasteiger partial charge in [-0.05, 0) is 12.3 Å². The number of aromatic nitrogens is 3. The molecule has 106 valence electrons. The molecule has 0 radical (unpaired) electrons. The van der Waals surface area contributed by atoms with E-state index in [1.54, 1.807) is 6.33 Å². The molecule has 1 saturated heterocycles. The smallest absolute Gasteiger partial charge is 0.317 e. The zero-order valence-electron chi connectivity index (χ0n) is 12.0. The molecule has 0 aromatic carbocycles. The SMILES string of the molecule is CCc1nncn1C1CCN(C(=O)NCC(C)C)C1. The summed E-state index contributed by atoms with van der Waals surface area (Å²) in [5, 5.41) is 11.0. The number of carbonyl (C=O) groups is 1. The van der Waals surface area contributed by atoms with Crippen molar-refractivity contribution in [2.24, 2.45) is 5.92 Å².